The highest BCUT2D eigenvalue weighted by atomic mass is 35.5. The second-order valence-corrected chi connectivity index (χ2v) is 7.55. The van der Waals surface area contributed by atoms with E-state index in [0.717, 1.165) is 11.3 Å². The van der Waals surface area contributed by atoms with Crippen LogP contribution in [0.1, 0.15) is 17.4 Å². The van der Waals surface area contributed by atoms with Crippen LogP contribution in [0.5, 0.6) is 0 Å². The number of fused-ring (bicyclic) bond motifs is 1. The van der Waals surface area contributed by atoms with Crippen LogP contribution in [-0.2, 0) is 14.4 Å². The van der Waals surface area contributed by atoms with Crippen molar-refractivity contribution in [3.8, 4) is 0 Å². The molecule has 0 unspecified atom stereocenters. The number of benzene rings is 2. The Morgan fingerprint density at radius 2 is 1.69 bits per heavy atom. The van der Waals surface area contributed by atoms with Gasteiger partial charge in [0.25, 0.3) is 5.91 Å². The summed E-state index contributed by atoms with van der Waals surface area (Å²) >= 11 is 5.95. The summed E-state index contributed by atoms with van der Waals surface area (Å²) in [5.41, 5.74) is 2.24. The fraction of sp³-hybridized carbons (Fsp3) is 0.182. The Kier molecular flexibility index (Phi) is 4.19. The third-order valence-corrected chi connectivity index (χ3v) is 5.64. The number of hydrogen-bond donors (Lipinski definition) is 0. The molecule has 1 aromatic heterocycles. The molecule has 3 atom stereocenters. The second kappa shape index (κ2) is 6.76. The first-order valence-electron chi connectivity index (χ1n) is 9.24. The van der Waals surface area contributed by atoms with Crippen LogP contribution < -0.4 is 9.96 Å². The number of aryl methyl sites for hydroxylation is 1. The van der Waals surface area contributed by atoms with Crippen molar-refractivity contribution < 1.29 is 18.8 Å². The van der Waals surface area contributed by atoms with Crippen molar-refractivity contribution in [2.45, 2.75) is 19.1 Å². The van der Waals surface area contributed by atoms with Gasteiger partial charge in [0, 0.05) is 5.02 Å². The number of furan rings is 1. The van der Waals surface area contributed by atoms with Gasteiger partial charge in [0.05, 0.1) is 17.6 Å². The zero-order chi connectivity index (χ0) is 20.1. The Hall–Kier alpha value is -3.09. The van der Waals surface area contributed by atoms with Crippen LogP contribution >= 0.6 is 11.6 Å². The number of hydrogen-bond acceptors (Lipinski definition) is 5. The van der Waals surface area contributed by atoms with Gasteiger partial charge in [0.2, 0.25) is 5.91 Å². The maximum atomic E-state index is 13.4. The molecule has 6 nitrogen and oxygen atoms in total. The first-order valence-corrected chi connectivity index (χ1v) is 9.62. The van der Waals surface area contributed by atoms with E-state index in [9.17, 15) is 9.59 Å². The van der Waals surface area contributed by atoms with Gasteiger partial charge in [-0.2, -0.15) is 0 Å². The third-order valence-electron chi connectivity index (χ3n) is 5.39. The Balaban J connectivity index is 1.58. The minimum absolute atomic E-state index is 0.320. The van der Waals surface area contributed by atoms with Crippen molar-refractivity contribution in [2.24, 2.45) is 5.92 Å². The molecular weight excluding hydrogens is 392 g/mol. The van der Waals surface area contributed by atoms with Gasteiger partial charge in [0.1, 0.15) is 17.7 Å². The summed E-state index contributed by atoms with van der Waals surface area (Å²) in [6.45, 7) is 1.95. The highest BCUT2D eigenvalue weighted by Crippen LogP contribution is 2.48. The molecule has 3 aromatic rings. The molecule has 2 aliphatic heterocycles. The largest absolute Gasteiger partial charge is 0.467 e. The lowest BCUT2D eigenvalue weighted by Crippen LogP contribution is -2.37. The number of amides is 2. The molecule has 7 heteroatoms. The molecule has 2 amide bonds. The predicted octanol–water partition coefficient (Wildman–Crippen LogP) is 4.29. The molecule has 3 heterocycles. The van der Waals surface area contributed by atoms with E-state index in [1.807, 2.05) is 31.2 Å². The zero-order valence-electron chi connectivity index (χ0n) is 15.5. The van der Waals surface area contributed by atoms with Crippen LogP contribution in [0.4, 0.5) is 11.4 Å². The van der Waals surface area contributed by atoms with Crippen LogP contribution in [-0.4, -0.2) is 17.9 Å². The SMILES string of the molecule is Cc1ccccc1N1O[C@@H]2C(=O)N(c3ccc(Cl)cc3)C(=O)[C@H]2[C@@H]1c1ccco1. The molecule has 0 saturated carbocycles. The summed E-state index contributed by atoms with van der Waals surface area (Å²) in [4.78, 5) is 33.8. The van der Waals surface area contributed by atoms with E-state index in [0.29, 0.717) is 16.5 Å². The Morgan fingerprint density at radius 3 is 2.38 bits per heavy atom. The van der Waals surface area contributed by atoms with Crippen molar-refractivity contribution >= 4 is 34.8 Å². The summed E-state index contributed by atoms with van der Waals surface area (Å²) < 4.78 is 5.64. The van der Waals surface area contributed by atoms with Crippen LogP contribution in [0.3, 0.4) is 0 Å². The Labute approximate surface area is 172 Å². The lowest BCUT2D eigenvalue weighted by atomic mass is 9.94. The molecule has 0 spiro atoms. The van der Waals surface area contributed by atoms with Gasteiger partial charge in [-0.3, -0.25) is 14.4 Å². The highest BCUT2D eigenvalue weighted by Gasteiger charge is 2.61. The number of anilines is 2. The van der Waals surface area contributed by atoms with Gasteiger partial charge in [-0.15, -0.1) is 0 Å². The quantitative estimate of drug-likeness (QED) is 0.605. The molecule has 0 radical (unpaired) electrons. The van der Waals surface area contributed by atoms with E-state index in [1.165, 1.54) is 4.90 Å². The second-order valence-electron chi connectivity index (χ2n) is 7.11. The van der Waals surface area contributed by atoms with Crippen molar-refractivity contribution in [1.29, 1.82) is 0 Å². The number of halogens is 1. The monoisotopic (exact) mass is 408 g/mol. The van der Waals surface area contributed by atoms with Crippen molar-refractivity contribution in [3.05, 3.63) is 83.3 Å². The fourth-order valence-electron chi connectivity index (χ4n) is 4.03. The number of hydroxylamine groups is 1. The summed E-state index contributed by atoms with van der Waals surface area (Å²) in [7, 11) is 0. The first-order chi connectivity index (χ1) is 14.1. The average molecular weight is 409 g/mol. The Morgan fingerprint density at radius 1 is 0.931 bits per heavy atom. The molecule has 146 valence electrons. The Bertz CT molecular complexity index is 1080. The van der Waals surface area contributed by atoms with Crippen LogP contribution in [0, 0.1) is 12.8 Å². The lowest BCUT2D eigenvalue weighted by Gasteiger charge is -2.28. The lowest BCUT2D eigenvalue weighted by molar-refractivity contribution is -0.126. The number of carbonyl (C=O) groups is 2. The summed E-state index contributed by atoms with van der Waals surface area (Å²) in [6, 6.07) is 17.3. The van der Waals surface area contributed by atoms with Crippen molar-refractivity contribution in [3.63, 3.8) is 0 Å². The standard InChI is InChI=1S/C22H17ClN2O4/c1-13-5-2-3-6-16(13)25-19(17-7-4-12-28-17)18-20(29-25)22(27)24(21(18)26)15-10-8-14(23)9-11-15/h2-12,18-20H,1H3/t18-,19-,20-/m0/s1. The maximum Gasteiger partial charge on any atom is 0.266 e. The van der Waals surface area contributed by atoms with Gasteiger partial charge in [-0.05, 0) is 55.0 Å². The fourth-order valence-corrected chi connectivity index (χ4v) is 4.15. The van der Waals surface area contributed by atoms with E-state index >= 15 is 0 Å². The number of imide groups is 1. The highest BCUT2D eigenvalue weighted by molar-refractivity contribution is 6.31. The normalized spacial score (nSPS) is 23.7. The molecule has 0 aliphatic carbocycles. The van der Waals surface area contributed by atoms with Gasteiger partial charge in [-0.25, -0.2) is 9.96 Å². The number of nitrogens with zero attached hydrogens (tertiary/aromatic N) is 2. The van der Waals surface area contributed by atoms with Crippen LogP contribution in [0.25, 0.3) is 0 Å². The van der Waals surface area contributed by atoms with E-state index in [2.05, 4.69) is 0 Å². The topological polar surface area (TPSA) is 63.0 Å². The molecule has 2 fully saturated rings. The number of carbonyl (C=O) groups excluding carboxylic acids is 2. The number of rotatable bonds is 3. The van der Waals surface area contributed by atoms with Crippen LogP contribution in [0.15, 0.2) is 71.3 Å². The minimum Gasteiger partial charge on any atom is -0.467 e. The van der Waals surface area contributed by atoms with Gasteiger partial charge >= 0.3 is 0 Å². The molecule has 2 aromatic carbocycles. The van der Waals surface area contributed by atoms with Crippen molar-refractivity contribution in [1.82, 2.24) is 0 Å². The molecule has 0 bridgehead atoms. The minimum atomic E-state index is -0.923. The van der Waals surface area contributed by atoms with E-state index in [1.54, 1.807) is 47.7 Å². The van der Waals surface area contributed by atoms with Crippen LogP contribution in [0.2, 0.25) is 5.02 Å². The summed E-state index contributed by atoms with van der Waals surface area (Å²) in [6.07, 6.45) is 0.629. The third kappa shape index (κ3) is 2.75. The summed E-state index contributed by atoms with van der Waals surface area (Å²) in [5, 5.41) is 2.17. The summed E-state index contributed by atoms with van der Waals surface area (Å²) in [5.74, 6) is -0.862. The maximum absolute atomic E-state index is 13.4. The van der Waals surface area contributed by atoms with E-state index in [4.69, 9.17) is 20.9 Å². The average Bonchev–Trinajstić information content (AvgIpc) is 3.41. The zero-order valence-corrected chi connectivity index (χ0v) is 16.2. The molecule has 2 aliphatic rings. The smallest absolute Gasteiger partial charge is 0.266 e. The van der Waals surface area contributed by atoms with E-state index in [-0.39, 0.29) is 5.91 Å². The van der Waals surface area contributed by atoms with E-state index < -0.39 is 24.0 Å². The molecule has 5 rings (SSSR count). The molecular formula is C22H17ClN2O4. The predicted molar refractivity (Wildman–Crippen MR) is 107 cm³/mol. The van der Waals surface area contributed by atoms with Crippen molar-refractivity contribution in [2.75, 3.05) is 9.96 Å². The van der Waals surface area contributed by atoms with Gasteiger partial charge in [-0.1, -0.05) is 29.8 Å². The van der Waals surface area contributed by atoms with Gasteiger partial charge in [0.15, 0.2) is 6.10 Å². The van der Waals surface area contributed by atoms with Gasteiger partial charge < -0.3 is 4.42 Å². The molecule has 2 saturated heterocycles. The molecule has 29 heavy (non-hydrogen) atoms. The number of para-hydroxylation sites is 1. The first kappa shape index (κ1) is 18.0. The molecule has 0 N–H and O–H groups in total.